The van der Waals surface area contributed by atoms with Crippen LogP contribution in [-0.4, -0.2) is 35.0 Å². The summed E-state index contributed by atoms with van der Waals surface area (Å²) in [6.45, 7) is 1.30. The molecule has 1 fully saturated rings. The highest BCUT2D eigenvalue weighted by Crippen LogP contribution is 2.30. The summed E-state index contributed by atoms with van der Waals surface area (Å²) in [4.78, 5) is 19.1. The Balaban J connectivity index is 1.39. The number of ether oxygens (including phenoxy) is 1. The number of rotatable bonds is 3. The minimum atomic E-state index is -0.0327. The molecular weight excluding hydrogens is 436 g/mol. The van der Waals surface area contributed by atoms with E-state index in [0.717, 1.165) is 27.5 Å². The Hall–Kier alpha value is -1.63. The average molecular weight is 452 g/mol. The number of thiazole rings is 1. The molecule has 134 valence electrons. The van der Waals surface area contributed by atoms with Crippen LogP contribution in [0.25, 0.3) is 10.2 Å². The maximum Gasteiger partial charge on any atom is 0.274 e. The zero-order valence-electron chi connectivity index (χ0n) is 13.8. The van der Waals surface area contributed by atoms with Gasteiger partial charge >= 0.3 is 0 Å². The van der Waals surface area contributed by atoms with Gasteiger partial charge in [-0.2, -0.15) is 0 Å². The van der Waals surface area contributed by atoms with Crippen LogP contribution in [-0.2, 0) is 0 Å². The van der Waals surface area contributed by atoms with Crippen molar-refractivity contribution in [1.82, 2.24) is 9.88 Å². The number of carbonyl (C=O) groups excluding carboxylic acids is 1. The molecule has 0 saturated carbocycles. The SMILES string of the molecule is O=C(c1cc(Br)ccc1Cl)N1CCC(Oc2nc3ccccc3s2)CC1. The third-order valence-electron chi connectivity index (χ3n) is 4.43. The van der Waals surface area contributed by atoms with E-state index in [1.807, 2.05) is 35.2 Å². The molecule has 1 amide bonds. The van der Waals surface area contributed by atoms with Gasteiger partial charge in [-0.3, -0.25) is 4.79 Å². The molecule has 0 spiro atoms. The number of hydrogen-bond donors (Lipinski definition) is 0. The molecular formula is C19H16BrClN2O2S. The van der Waals surface area contributed by atoms with Gasteiger partial charge in [-0.1, -0.05) is 51.0 Å². The molecule has 0 radical (unpaired) electrons. The van der Waals surface area contributed by atoms with Crippen molar-refractivity contribution in [3.05, 3.63) is 57.5 Å². The molecule has 7 heteroatoms. The number of hydrogen-bond acceptors (Lipinski definition) is 4. The number of benzene rings is 2. The second kappa shape index (κ2) is 7.55. The third-order valence-corrected chi connectivity index (χ3v) is 6.18. The van der Waals surface area contributed by atoms with E-state index in [9.17, 15) is 4.79 Å². The lowest BCUT2D eigenvalue weighted by atomic mass is 10.1. The number of aromatic nitrogens is 1. The van der Waals surface area contributed by atoms with Crippen LogP contribution >= 0.6 is 38.9 Å². The van der Waals surface area contributed by atoms with Gasteiger partial charge in [-0.15, -0.1) is 0 Å². The Labute approximate surface area is 168 Å². The number of nitrogens with zero attached hydrogens (tertiary/aromatic N) is 2. The van der Waals surface area contributed by atoms with E-state index in [1.54, 1.807) is 23.5 Å². The summed E-state index contributed by atoms with van der Waals surface area (Å²) in [5.74, 6) is -0.0327. The summed E-state index contributed by atoms with van der Waals surface area (Å²) in [5, 5.41) is 1.18. The first-order chi connectivity index (χ1) is 12.6. The number of halogens is 2. The van der Waals surface area contributed by atoms with Crippen molar-refractivity contribution < 1.29 is 9.53 Å². The molecule has 4 nitrogen and oxygen atoms in total. The number of likely N-dealkylation sites (tertiary alicyclic amines) is 1. The Morgan fingerprint density at radius 2 is 2.00 bits per heavy atom. The van der Waals surface area contributed by atoms with Gasteiger partial charge in [0.25, 0.3) is 11.1 Å². The van der Waals surface area contributed by atoms with E-state index in [4.69, 9.17) is 16.3 Å². The zero-order chi connectivity index (χ0) is 18.1. The van der Waals surface area contributed by atoms with Crippen LogP contribution in [0.1, 0.15) is 23.2 Å². The monoisotopic (exact) mass is 450 g/mol. The fraction of sp³-hybridized carbons (Fsp3) is 0.263. The standard InChI is InChI=1S/C19H16BrClN2O2S/c20-12-5-6-15(21)14(11-12)18(24)23-9-7-13(8-10-23)25-19-22-16-3-1-2-4-17(16)26-19/h1-6,11,13H,7-10H2. The molecule has 4 rings (SSSR count). The molecule has 1 saturated heterocycles. The van der Waals surface area contributed by atoms with Crippen LogP contribution in [0.5, 0.6) is 5.19 Å². The van der Waals surface area contributed by atoms with Crippen molar-refractivity contribution in [2.45, 2.75) is 18.9 Å². The van der Waals surface area contributed by atoms with Crippen LogP contribution in [0.3, 0.4) is 0 Å². The lowest BCUT2D eigenvalue weighted by molar-refractivity contribution is 0.0595. The van der Waals surface area contributed by atoms with Gasteiger partial charge in [-0.25, -0.2) is 4.98 Å². The molecule has 0 bridgehead atoms. The van der Waals surface area contributed by atoms with E-state index in [2.05, 4.69) is 20.9 Å². The normalized spacial score (nSPS) is 15.4. The minimum Gasteiger partial charge on any atom is -0.467 e. The predicted molar refractivity (Wildman–Crippen MR) is 108 cm³/mol. The smallest absolute Gasteiger partial charge is 0.274 e. The van der Waals surface area contributed by atoms with E-state index in [-0.39, 0.29) is 12.0 Å². The number of fused-ring (bicyclic) bond motifs is 1. The molecule has 0 N–H and O–H groups in total. The van der Waals surface area contributed by atoms with Crippen LogP contribution in [0.15, 0.2) is 46.9 Å². The van der Waals surface area contributed by atoms with Crippen molar-refractivity contribution in [3.8, 4) is 5.19 Å². The molecule has 1 aromatic heterocycles. The summed E-state index contributed by atoms with van der Waals surface area (Å²) in [7, 11) is 0. The number of piperidine rings is 1. The molecule has 1 aliphatic heterocycles. The Bertz CT molecular complexity index is 921. The van der Waals surface area contributed by atoms with Gasteiger partial charge < -0.3 is 9.64 Å². The highest BCUT2D eigenvalue weighted by molar-refractivity contribution is 9.10. The van der Waals surface area contributed by atoms with Gasteiger partial charge in [0.1, 0.15) is 6.10 Å². The third kappa shape index (κ3) is 3.72. The van der Waals surface area contributed by atoms with Crippen LogP contribution < -0.4 is 4.74 Å². The second-order valence-corrected chi connectivity index (χ2v) is 8.50. The fourth-order valence-corrected chi connectivity index (χ4v) is 4.49. The van der Waals surface area contributed by atoms with E-state index in [0.29, 0.717) is 28.9 Å². The van der Waals surface area contributed by atoms with Crippen LogP contribution in [0.4, 0.5) is 0 Å². The molecule has 3 aromatic rings. The van der Waals surface area contributed by atoms with Gasteiger partial charge in [-0.05, 0) is 30.3 Å². The van der Waals surface area contributed by atoms with E-state index >= 15 is 0 Å². The van der Waals surface area contributed by atoms with Crippen molar-refractivity contribution >= 4 is 55.0 Å². The minimum absolute atomic E-state index is 0.0327. The van der Waals surface area contributed by atoms with Crippen molar-refractivity contribution in [3.63, 3.8) is 0 Å². The van der Waals surface area contributed by atoms with Crippen molar-refractivity contribution in [2.75, 3.05) is 13.1 Å². The maximum absolute atomic E-state index is 12.7. The first-order valence-corrected chi connectivity index (χ1v) is 10.4. The van der Waals surface area contributed by atoms with Crippen molar-refractivity contribution in [1.29, 1.82) is 0 Å². The average Bonchev–Trinajstić information content (AvgIpc) is 3.06. The number of amides is 1. The number of carbonyl (C=O) groups is 1. The molecule has 0 atom stereocenters. The molecule has 26 heavy (non-hydrogen) atoms. The first kappa shape index (κ1) is 17.8. The van der Waals surface area contributed by atoms with Gasteiger partial charge in [0, 0.05) is 30.4 Å². The lowest BCUT2D eigenvalue weighted by Crippen LogP contribution is -2.41. The molecule has 0 aliphatic carbocycles. The first-order valence-electron chi connectivity index (χ1n) is 8.37. The lowest BCUT2D eigenvalue weighted by Gasteiger charge is -2.31. The highest BCUT2D eigenvalue weighted by Gasteiger charge is 2.26. The topological polar surface area (TPSA) is 42.4 Å². The van der Waals surface area contributed by atoms with Gasteiger partial charge in [0.2, 0.25) is 0 Å². The van der Waals surface area contributed by atoms with Gasteiger partial charge in [0.15, 0.2) is 0 Å². The number of para-hydroxylation sites is 1. The molecule has 0 unspecified atom stereocenters. The zero-order valence-corrected chi connectivity index (χ0v) is 17.0. The maximum atomic E-state index is 12.7. The van der Waals surface area contributed by atoms with E-state index < -0.39 is 0 Å². The van der Waals surface area contributed by atoms with Gasteiger partial charge in [0.05, 0.1) is 20.8 Å². The second-order valence-electron chi connectivity index (χ2n) is 6.18. The Morgan fingerprint density at radius 1 is 1.23 bits per heavy atom. The summed E-state index contributed by atoms with van der Waals surface area (Å²) < 4.78 is 8.02. The summed E-state index contributed by atoms with van der Waals surface area (Å²) in [6.07, 6.45) is 1.65. The fourth-order valence-electron chi connectivity index (χ4n) is 3.05. The summed E-state index contributed by atoms with van der Waals surface area (Å²) >= 11 is 11.1. The quantitative estimate of drug-likeness (QED) is 0.536. The Morgan fingerprint density at radius 3 is 2.77 bits per heavy atom. The highest BCUT2D eigenvalue weighted by atomic mass is 79.9. The molecule has 2 aromatic carbocycles. The Kier molecular flexibility index (Phi) is 5.16. The molecule has 2 heterocycles. The van der Waals surface area contributed by atoms with Crippen molar-refractivity contribution in [2.24, 2.45) is 0 Å². The molecule has 1 aliphatic rings. The largest absolute Gasteiger partial charge is 0.467 e. The van der Waals surface area contributed by atoms with Crippen LogP contribution in [0.2, 0.25) is 5.02 Å². The van der Waals surface area contributed by atoms with E-state index in [1.165, 1.54) is 0 Å². The summed E-state index contributed by atoms with van der Waals surface area (Å²) in [5.41, 5.74) is 1.50. The van der Waals surface area contributed by atoms with Crippen LogP contribution in [0, 0.1) is 0 Å². The summed E-state index contributed by atoms with van der Waals surface area (Å²) in [6, 6.07) is 13.3. The predicted octanol–water partition coefficient (Wildman–Crippen LogP) is 5.40.